The highest BCUT2D eigenvalue weighted by Gasteiger charge is 2.31. The molecule has 4 rings (SSSR count). The number of carbonyl (C=O) groups is 2. The van der Waals surface area contributed by atoms with Crippen LogP contribution in [-0.2, 0) is 25.6 Å². The van der Waals surface area contributed by atoms with Crippen LogP contribution in [0.1, 0.15) is 42.7 Å². The Balaban J connectivity index is 1.39. The van der Waals surface area contributed by atoms with E-state index in [2.05, 4.69) is 29.6 Å². The Kier molecular flexibility index (Phi) is 7.34. The molecule has 0 radical (unpaired) electrons. The van der Waals surface area contributed by atoms with Gasteiger partial charge in [0.2, 0.25) is 0 Å². The topological polar surface area (TPSA) is 73.9 Å². The molecule has 2 aromatic carbocycles. The molecule has 0 saturated heterocycles. The fraction of sp³-hybridized carbons (Fsp3) is 0.333. The zero-order chi connectivity index (χ0) is 24.1. The van der Waals surface area contributed by atoms with Crippen molar-refractivity contribution in [2.75, 3.05) is 13.2 Å². The van der Waals surface area contributed by atoms with Crippen LogP contribution in [0.2, 0.25) is 0 Å². The number of amides is 1. The minimum atomic E-state index is -0.977. The van der Waals surface area contributed by atoms with Crippen LogP contribution in [0.4, 0.5) is 4.79 Å². The van der Waals surface area contributed by atoms with Crippen molar-refractivity contribution in [1.29, 1.82) is 0 Å². The van der Waals surface area contributed by atoms with E-state index in [1.54, 1.807) is 32.1 Å². The SMILES string of the molecule is CC(C)(C)OC(=O)[C@H](COCc1cccs1)NC(=O)OCC1c2ccccc2-c2ccccc21. The molecule has 34 heavy (non-hydrogen) atoms. The second-order valence-electron chi connectivity index (χ2n) is 9.15. The average Bonchev–Trinajstić information content (AvgIpc) is 3.42. The van der Waals surface area contributed by atoms with E-state index in [1.165, 1.54) is 0 Å². The molecule has 1 N–H and O–H groups in total. The predicted octanol–water partition coefficient (Wildman–Crippen LogP) is 5.51. The van der Waals surface area contributed by atoms with Gasteiger partial charge in [-0.05, 0) is 54.5 Å². The van der Waals surface area contributed by atoms with Crippen LogP contribution < -0.4 is 5.32 Å². The van der Waals surface area contributed by atoms with Gasteiger partial charge in [-0.15, -0.1) is 11.3 Å². The van der Waals surface area contributed by atoms with Crippen LogP contribution in [-0.4, -0.2) is 36.9 Å². The number of ether oxygens (including phenoxy) is 3. The first-order chi connectivity index (χ1) is 16.3. The van der Waals surface area contributed by atoms with E-state index in [0.717, 1.165) is 27.1 Å². The number of hydrogen-bond acceptors (Lipinski definition) is 6. The lowest BCUT2D eigenvalue weighted by Gasteiger charge is -2.24. The minimum Gasteiger partial charge on any atom is -0.458 e. The van der Waals surface area contributed by atoms with Gasteiger partial charge in [-0.2, -0.15) is 0 Å². The number of carbonyl (C=O) groups excluding carboxylic acids is 2. The first kappa shape index (κ1) is 24.0. The van der Waals surface area contributed by atoms with E-state index in [-0.39, 0.29) is 19.1 Å². The summed E-state index contributed by atoms with van der Waals surface area (Å²) in [6.45, 7) is 5.84. The summed E-state index contributed by atoms with van der Waals surface area (Å²) in [5, 5.41) is 4.59. The van der Waals surface area contributed by atoms with Gasteiger partial charge in [0.1, 0.15) is 12.2 Å². The highest BCUT2D eigenvalue weighted by Crippen LogP contribution is 2.44. The summed E-state index contributed by atoms with van der Waals surface area (Å²) >= 11 is 1.56. The second kappa shape index (κ2) is 10.4. The number of hydrogen-bond donors (Lipinski definition) is 1. The van der Waals surface area contributed by atoms with Crippen molar-refractivity contribution in [2.24, 2.45) is 0 Å². The van der Waals surface area contributed by atoms with Crippen LogP contribution in [0.25, 0.3) is 11.1 Å². The van der Waals surface area contributed by atoms with Crippen LogP contribution in [0.5, 0.6) is 0 Å². The lowest BCUT2D eigenvalue weighted by atomic mass is 9.98. The van der Waals surface area contributed by atoms with E-state index in [4.69, 9.17) is 14.2 Å². The molecule has 6 nitrogen and oxygen atoms in total. The van der Waals surface area contributed by atoms with Gasteiger partial charge in [0.15, 0.2) is 6.04 Å². The fourth-order valence-corrected chi connectivity index (χ4v) is 4.64. The molecule has 0 aliphatic heterocycles. The van der Waals surface area contributed by atoms with E-state index in [0.29, 0.717) is 6.61 Å². The van der Waals surface area contributed by atoms with Gasteiger partial charge in [-0.1, -0.05) is 54.6 Å². The molecule has 0 bridgehead atoms. The largest absolute Gasteiger partial charge is 0.458 e. The Bertz CT molecular complexity index is 1090. The average molecular weight is 480 g/mol. The van der Waals surface area contributed by atoms with Crippen molar-refractivity contribution in [2.45, 2.75) is 44.9 Å². The third-order valence-corrected chi connectivity index (χ3v) is 6.29. The smallest absolute Gasteiger partial charge is 0.407 e. The van der Waals surface area contributed by atoms with Crippen LogP contribution in [0, 0.1) is 0 Å². The molecule has 0 fully saturated rings. The fourth-order valence-electron chi connectivity index (χ4n) is 4.00. The number of benzene rings is 2. The summed E-state index contributed by atoms with van der Waals surface area (Å²) in [4.78, 5) is 26.4. The summed E-state index contributed by atoms with van der Waals surface area (Å²) in [6.07, 6.45) is -0.683. The Morgan fingerprint density at radius 1 is 0.971 bits per heavy atom. The van der Waals surface area contributed by atoms with Gasteiger partial charge in [-0.25, -0.2) is 9.59 Å². The quantitative estimate of drug-likeness (QED) is 0.431. The molecule has 178 valence electrons. The first-order valence-corrected chi connectivity index (χ1v) is 12.1. The maximum atomic E-state index is 12.7. The highest BCUT2D eigenvalue weighted by atomic mass is 32.1. The number of fused-ring (bicyclic) bond motifs is 3. The van der Waals surface area contributed by atoms with Crippen molar-refractivity contribution in [3.8, 4) is 11.1 Å². The molecule has 3 aromatic rings. The minimum absolute atomic E-state index is 0.0169. The predicted molar refractivity (Wildman–Crippen MR) is 132 cm³/mol. The molecule has 1 amide bonds. The van der Waals surface area contributed by atoms with Gasteiger partial charge in [0.05, 0.1) is 13.2 Å². The molecular weight excluding hydrogens is 450 g/mol. The maximum Gasteiger partial charge on any atom is 0.407 e. The Hall–Kier alpha value is -3.16. The molecule has 0 saturated carbocycles. The highest BCUT2D eigenvalue weighted by molar-refractivity contribution is 7.09. The molecule has 1 heterocycles. The van der Waals surface area contributed by atoms with E-state index < -0.39 is 23.7 Å². The van der Waals surface area contributed by atoms with E-state index >= 15 is 0 Å². The zero-order valence-corrected chi connectivity index (χ0v) is 20.4. The van der Waals surface area contributed by atoms with Gasteiger partial charge in [-0.3, -0.25) is 0 Å². The molecule has 1 aromatic heterocycles. The second-order valence-corrected chi connectivity index (χ2v) is 10.2. The third-order valence-electron chi connectivity index (χ3n) is 5.44. The summed E-state index contributed by atoms with van der Waals surface area (Å²) in [5.74, 6) is -0.625. The first-order valence-electron chi connectivity index (χ1n) is 11.3. The lowest BCUT2D eigenvalue weighted by molar-refractivity contribution is -0.159. The van der Waals surface area contributed by atoms with Gasteiger partial charge >= 0.3 is 12.1 Å². The summed E-state index contributed by atoms with van der Waals surface area (Å²) in [6, 6.07) is 19.2. The standard InChI is InChI=1S/C27H29NO5S/c1-27(2,3)33-25(29)24(17-31-15-18-9-8-14-34-18)28-26(30)32-16-23-21-12-6-4-10-19(21)20-11-5-7-13-22(20)23/h4-14,23-24H,15-17H2,1-3H3,(H,28,30)/t24-/m0/s1. The zero-order valence-electron chi connectivity index (χ0n) is 19.6. The molecular formula is C27H29NO5S. The van der Waals surface area contributed by atoms with Crippen molar-refractivity contribution >= 4 is 23.4 Å². The summed E-state index contributed by atoms with van der Waals surface area (Å²) < 4.78 is 16.8. The summed E-state index contributed by atoms with van der Waals surface area (Å²) in [7, 11) is 0. The van der Waals surface area contributed by atoms with E-state index in [9.17, 15) is 9.59 Å². The number of esters is 1. The maximum absolute atomic E-state index is 12.7. The third kappa shape index (κ3) is 5.85. The van der Waals surface area contributed by atoms with Crippen LogP contribution in [0.15, 0.2) is 66.0 Å². The van der Waals surface area contributed by atoms with Crippen molar-refractivity contribution in [3.05, 3.63) is 82.0 Å². The van der Waals surface area contributed by atoms with E-state index in [1.807, 2.05) is 41.8 Å². The van der Waals surface area contributed by atoms with Gasteiger partial charge in [0.25, 0.3) is 0 Å². The number of rotatable bonds is 8. The Morgan fingerprint density at radius 3 is 2.21 bits per heavy atom. The molecule has 0 spiro atoms. The molecule has 0 unspecified atom stereocenters. The number of alkyl carbamates (subject to hydrolysis) is 1. The van der Waals surface area contributed by atoms with Crippen LogP contribution >= 0.6 is 11.3 Å². The van der Waals surface area contributed by atoms with Crippen LogP contribution in [0.3, 0.4) is 0 Å². The van der Waals surface area contributed by atoms with Crippen molar-refractivity contribution in [1.82, 2.24) is 5.32 Å². The van der Waals surface area contributed by atoms with Crippen molar-refractivity contribution in [3.63, 3.8) is 0 Å². The van der Waals surface area contributed by atoms with Gasteiger partial charge < -0.3 is 19.5 Å². The molecule has 1 atom stereocenters. The lowest BCUT2D eigenvalue weighted by Crippen LogP contribution is -2.47. The number of thiophene rings is 1. The molecule has 1 aliphatic carbocycles. The Labute approximate surface area is 203 Å². The number of nitrogens with one attached hydrogen (secondary N) is 1. The normalized spacial score (nSPS) is 13.6. The Morgan fingerprint density at radius 2 is 1.62 bits per heavy atom. The molecule has 1 aliphatic rings. The molecule has 7 heteroatoms. The van der Waals surface area contributed by atoms with Crippen molar-refractivity contribution < 1.29 is 23.8 Å². The summed E-state index contributed by atoms with van der Waals surface area (Å²) in [5.41, 5.74) is 3.87. The monoisotopic (exact) mass is 479 g/mol. The van der Waals surface area contributed by atoms with Gasteiger partial charge in [0, 0.05) is 10.8 Å².